The zero-order valence-electron chi connectivity index (χ0n) is 8.93. The summed E-state index contributed by atoms with van der Waals surface area (Å²) in [6.45, 7) is 4.19. The first-order valence-electron chi connectivity index (χ1n) is 5.07. The predicted octanol–water partition coefficient (Wildman–Crippen LogP) is 5.19. The van der Waals surface area contributed by atoms with Crippen molar-refractivity contribution in [2.45, 2.75) is 32.1 Å². The molecule has 0 aliphatic rings. The first-order valence-corrected chi connectivity index (χ1v) is 6.26. The van der Waals surface area contributed by atoms with Gasteiger partial charge in [0.15, 0.2) is 0 Å². The fraction of sp³-hybridized carbons (Fsp3) is 0.500. The van der Waals surface area contributed by atoms with Crippen LogP contribution in [0.3, 0.4) is 0 Å². The van der Waals surface area contributed by atoms with Crippen LogP contribution < -0.4 is 0 Å². The number of rotatable bonds is 4. The summed E-state index contributed by atoms with van der Waals surface area (Å²) in [6.07, 6.45) is 1.92. The van der Waals surface area contributed by atoms with Crippen molar-refractivity contribution in [3.05, 3.63) is 33.8 Å². The molecular weight excluding hydrogens is 250 g/mol. The summed E-state index contributed by atoms with van der Waals surface area (Å²) < 4.78 is 0. The van der Waals surface area contributed by atoms with Gasteiger partial charge in [0.2, 0.25) is 0 Å². The molecule has 0 nitrogen and oxygen atoms in total. The lowest BCUT2D eigenvalue weighted by Crippen LogP contribution is -2.05. The van der Waals surface area contributed by atoms with Crippen LogP contribution in [0.15, 0.2) is 18.2 Å². The molecule has 0 fully saturated rings. The second kappa shape index (κ2) is 5.98. The molecule has 1 aromatic rings. The number of alkyl halides is 1. The van der Waals surface area contributed by atoms with Crippen LogP contribution in [0.1, 0.15) is 25.8 Å². The molecule has 0 saturated heterocycles. The molecule has 0 aliphatic carbocycles. The topological polar surface area (TPSA) is 0 Å². The summed E-state index contributed by atoms with van der Waals surface area (Å²) in [5.74, 6) is 0.522. The molecule has 0 spiro atoms. The highest BCUT2D eigenvalue weighted by Gasteiger charge is 2.10. The summed E-state index contributed by atoms with van der Waals surface area (Å²) in [5, 5.41) is 1.73. The van der Waals surface area contributed by atoms with Gasteiger partial charge in [0.25, 0.3) is 0 Å². The van der Waals surface area contributed by atoms with Crippen molar-refractivity contribution in [1.29, 1.82) is 0 Å². The Morgan fingerprint density at radius 2 is 1.87 bits per heavy atom. The average Bonchev–Trinajstić information content (AvgIpc) is 2.10. The first-order chi connectivity index (χ1) is 6.99. The fourth-order valence-electron chi connectivity index (χ4n) is 1.71. The SMILES string of the molecule is CC(Cl)CC(C)Cc1cc(Cl)ccc1Cl. The van der Waals surface area contributed by atoms with Crippen LogP contribution >= 0.6 is 34.8 Å². The summed E-state index contributed by atoms with van der Waals surface area (Å²) in [7, 11) is 0. The van der Waals surface area contributed by atoms with E-state index in [1.54, 1.807) is 0 Å². The molecule has 3 heteroatoms. The van der Waals surface area contributed by atoms with E-state index in [1.807, 2.05) is 25.1 Å². The van der Waals surface area contributed by atoms with Crippen LogP contribution in [0.2, 0.25) is 10.0 Å². The molecule has 1 rings (SSSR count). The Bertz CT molecular complexity index is 321. The van der Waals surface area contributed by atoms with Crippen LogP contribution in [0.25, 0.3) is 0 Å². The van der Waals surface area contributed by atoms with Gasteiger partial charge in [0, 0.05) is 15.4 Å². The molecule has 0 heterocycles. The zero-order chi connectivity index (χ0) is 11.4. The third-order valence-corrected chi connectivity index (χ3v) is 3.09. The highest BCUT2D eigenvalue weighted by Crippen LogP contribution is 2.25. The lowest BCUT2D eigenvalue weighted by molar-refractivity contribution is 0.526. The minimum atomic E-state index is 0.206. The van der Waals surface area contributed by atoms with E-state index < -0.39 is 0 Å². The highest BCUT2D eigenvalue weighted by atomic mass is 35.5. The summed E-state index contributed by atoms with van der Waals surface area (Å²) in [6, 6.07) is 5.58. The predicted molar refractivity (Wildman–Crippen MR) is 69.3 cm³/mol. The van der Waals surface area contributed by atoms with Crippen LogP contribution in [0.4, 0.5) is 0 Å². The smallest absolute Gasteiger partial charge is 0.0439 e. The zero-order valence-corrected chi connectivity index (χ0v) is 11.2. The molecule has 0 aliphatic heterocycles. The van der Waals surface area contributed by atoms with Gasteiger partial charge in [-0.3, -0.25) is 0 Å². The van der Waals surface area contributed by atoms with E-state index in [4.69, 9.17) is 34.8 Å². The van der Waals surface area contributed by atoms with Gasteiger partial charge in [-0.1, -0.05) is 30.1 Å². The van der Waals surface area contributed by atoms with Gasteiger partial charge in [-0.25, -0.2) is 0 Å². The monoisotopic (exact) mass is 264 g/mol. The Labute approximate surface area is 107 Å². The van der Waals surface area contributed by atoms with E-state index >= 15 is 0 Å². The van der Waals surface area contributed by atoms with Gasteiger partial charge in [0.05, 0.1) is 0 Å². The molecule has 84 valence electrons. The van der Waals surface area contributed by atoms with E-state index in [9.17, 15) is 0 Å². The quantitative estimate of drug-likeness (QED) is 0.657. The van der Waals surface area contributed by atoms with Gasteiger partial charge in [-0.05, 0) is 49.4 Å². The Morgan fingerprint density at radius 3 is 2.47 bits per heavy atom. The summed E-state index contributed by atoms with van der Waals surface area (Å²) >= 11 is 18.0. The van der Waals surface area contributed by atoms with Crippen LogP contribution in [-0.2, 0) is 6.42 Å². The first kappa shape index (κ1) is 13.2. The molecule has 0 N–H and O–H groups in total. The van der Waals surface area contributed by atoms with E-state index in [0.717, 1.165) is 28.5 Å². The van der Waals surface area contributed by atoms with Gasteiger partial charge >= 0.3 is 0 Å². The minimum Gasteiger partial charge on any atom is -0.123 e. The number of hydrogen-bond acceptors (Lipinski definition) is 0. The molecule has 0 aromatic heterocycles. The normalized spacial score (nSPS) is 15.0. The standard InChI is InChI=1S/C12H15Cl3/c1-8(5-9(2)13)6-10-7-11(14)3-4-12(10)15/h3-4,7-9H,5-6H2,1-2H3. The van der Waals surface area contributed by atoms with Gasteiger partial charge in [-0.2, -0.15) is 0 Å². The molecule has 0 bridgehead atoms. The van der Waals surface area contributed by atoms with E-state index in [2.05, 4.69) is 6.92 Å². The Balaban J connectivity index is 2.67. The minimum absolute atomic E-state index is 0.206. The van der Waals surface area contributed by atoms with Crippen molar-refractivity contribution in [2.24, 2.45) is 5.92 Å². The van der Waals surface area contributed by atoms with Gasteiger partial charge in [-0.15, -0.1) is 11.6 Å². The van der Waals surface area contributed by atoms with Crippen LogP contribution in [-0.4, -0.2) is 5.38 Å². The lowest BCUT2D eigenvalue weighted by atomic mass is 9.97. The average molecular weight is 266 g/mol. The van der Waals surface area contributed by atoms with Crippen molar-refractivity contribution in [3.63, 3.8) is 0 Å². The van der Waals surface area contributed by atoms with Crippen molar-refractivity contribution < 1.29 is 0 Å². The maximum Gasteiger partial charge on any atom is 0.0439 e. The fourth-order valence-corrected chi connectivity index (χ4v) is 2.41. The van der Waals surface area contributed by atoms with E-state index in [-0.39, 0.29) is 5.38 Å². The third-order valence-electron chi connectivity index (χ3n) is 2.30. The Kier molecular flexibility index (Phi) is 5.25. The molecule has 2 atom stereocenters. The van der Waals surface area contributed by atoms with Crippen LogP contribution in [0, 0.1) is 5.92 Å². The third kappa shape index (κ3) is 4.63. The number of benzene rings is 1. The van der Waals surface area contributed by atoms with Crippen LogP contribution in [0.5, 0.6) is 0 Å². The van der Waals surface area contributed by atoms with Gasteiger partial charge in [0.1, 0.15) is 0 Å². The number of halogens is 3. The second-order valence-corrected chi connectivity index (χ2v) is 5.65. The molecule has 0 radical (unpaired) electrons. The van der Waals surface area contributed by atoms with Crippen molar-refractivity contribution >= 4 is 34.8 Å². The number of hydrogen-bond donors (Lipinski definition) is 0. The highest BCUT2D eigenvalue weighted by molar-refractivity contribution is 6.33. The van der Waals surface area contributed by atoms with E-state index in [1.165, 1.54) is 0 Å². The molecule has 0 amide bonds. The molecule has 2 unspecified atom stereocenters. The Hall–Kier alpha value is 0.0900. The molecule has 15 heavy (non-hydrogen) atoms. The Morgan fingerprint density at radius 1 is 1.20 bits per heavy atom. The molecule has 0 saturated carbocycles. The maximum atomic E-state index is 6.09. The van der Waals surface area contributed by atoms with Crippen molar-refractivity contribution in [2.75, 3.05) is 0 Å². The summed E-state index contributed by atoms with van der Waals surface area (Å²) in [5.41, 5.74) is 1.11. The second-order valence-electron chi connectivity index (χ2n) is 4.06. The van der Waals surface area contributed by atoms with Crippen molar-refractivity contribution in [3.8, 4) is 0 Å². The largest absolute Gasteiger partial charge is 0.123 e. The molecule has 1 aromatic carbocycles. The van der Waals surface area contributed by atoms with Gasteiger partial charge < -0.3 is 0 Å². The van der Waals surface area contributed by atoms with Crippen molar-refractivity contribution in [1.82, 2.24) is 0 Å². The van der Waals surface area contributed by atoms with E-state index in [0.29, 0.717) is 5.92 Å². The maximum absolute atomic E-state index is 6.09. The molecular formula is C12H15Cl3. The summed E-state index contributed by atoms with van der Waals surface area (Å²) in [4.78, 5) is 0. The lowest BCUT2D eigenvalue weighted by Gasteiger charge is -2.13.